The number of nitrogens with one attached hydrogen (secondary N) is 2. The van der Waals surface area contributed by atoms with Gasteiger partial charge in [-0.2, -0.15) is 0 Å². The van der Waals surface area contributed by atoms with Gasteiger partial charge in [0.25, 0.3) is 5.91 Å². The fraction of sp³-hybridized carbons (Fsp3) is 0.550. The first-order chi connectivity index (χ1) is 10.8. The second-order valence-corrected chi connectivity index (χ2v) is 8.60. The lowest BCUT2D eigenvalue weighted by Crippen LogP contribution is -2.52. The average Bonchev–Trinajstić information content (AvgIpc) is 3.11. The number of aromatic amines is 1. The Morgan fingerprint density at radius 1 is 1.26 bits per heavy atom. The number of hydrogen-bond donors (Lipinski definition) is 2. The number of aryl methyl sites for hydroxylation is 1. The molecule has 2 N–H and O–H groups in total. The van der Waals surface area contributed by atoms with Crippen LogP contribution in [0.15, 0.2) is 24.3 Å². The van der Waals surface area contributed by atoms with Crippen LogP contribution in [0.5, 0.6) is 0 Å². The number of aromatic nitrogens is 1. The van der Waals surface area contributed by atoms with E-state index < -0.39 is 0 Å². The maximum Gasteiger partial charge on any atom is 0.267 e. The van der Waals surface area contributed by atoms with E-state index in [-0.39, 0.29) is 22.8 Å². The van der Waals surface area contributed by atoms with Gasteiger partial charge in [0.2, 0.25) is 0 Å². The molecule has 3 heteroatoms. The van der Waals surface area contributed by atoms with E-state index in [0.29, 0.717) is 5.69 Å². The van der Waals surface area contributed by atoms with Crippen LogP contribution >= 0.6 is 0 Å². The molecule has 0 saturated heterocycles. The quantitative estimate of drug-likeness (QED) is 0.847. The zero-order valence-corrected chi connectivity index (χ0v) is 14.5. The van der Waals surface area contributed by atoms with Crippen molar-refractivity contribution in [2.24, 2.45) is 16.7 Å². The van der Waals surface area contributed by atoms with Crippen molar-refractivity contribution in [2.45, 2.75) is 53.0 Å². The number of hydrogen-bond acceptors (Lipinski definition) is 1. The molecule has 4 rings (SSSR count). The van der Waals surface area contributed by atoms with E-state index in [1.54, 1.807) is 0 Å². The van der Waals surface area contributed by atoms with Gasteiger partial charge in [-0.15, -0.1) is 0 Å². The first-order valence-electron chi connectivity index (χ1n) is 8.70. The first kappa shape index (κ1) is 14.8. The van der Waals surface area contributed by atoms with Crippen molar-refractivity contribution in [1.82, 2.24) is 10.3 Å². The summed E-state index contributed by atoms with van der Waals surface area (Å²) >= 11 is 0. The third-order valence-electron chi connectivity index (χ3n) is 6.57. The molecule has 2 aliphatic carbocycles. The smallest absolute Gasteiger partial charge is 0.267 e. The highest BCUT2D eigenvalue weighted by molar-refractivity contribution is 5.98. The molecule has 0 aliphatic heterocycles. The normalized spacial score (nSPS) is 31.7. The summed E-state index contributed by atoms with van der Waals surface area (Å²) in [4.78, 5) is 16.1. The molecule has 1 aromatic carbocycles. The zero-order chi connectivity index (χ0) is 16.4. The van der Waals surface area contributed by atoms with Gasteiger partial charge in [0.05, 0.1) is 0 Å². The van der Waals surface area contributed by atoms with Gasteiger partial charge in [-0.3, -0.25) is 4.79 Å². The minimum absolute atomic E-state index is 0.0331. The number of amides is 1. The Hall–Kier alpha value is -1.77. The van der Waals surface area contributed by atoms with Gasteiger partial charge >= 0.3 is 0 Å². The summed E-state index contributed by atoms with van der Waals surface area (Å²) in [7, 11) is 0. The molecule has 2 aliphatic rings. The van der Waals surface area contributed by atoms with Crippen LogP contribution in [0.25, 0.3) is 10.9 Å². The summed E-state index contributed by atoms with van der Waals surface area (Å²) < 4.78 is 0. The molecule has 2 bridgehead atoms. The number of carbonyl (C=O) groups is 1. The number of benzene rings is 1. The summed E-state index contributed by atoms with van der Waals surface area (Å²) in [5.74, 6) is 0.772. The fourth-order valence-corrected chi connectivity index (χ4v) is 5.25. The van der Waals surface area contributed by atoms with Gasteiger partial charge in [0.15, 0.2) is 0 Å². The second kappa shape index (κ2) is 4.62. The van der Waals surface area contributed by atoms with Gasteiger partial charge in [0.1, 0.15) is 5.69 Å². The zero-order valence-electron chi connectivity index (χ0n) is 14.5. The predicted molar refractivity (Wildman–Crippen MR) is 93.5 cm³/mol. The summed E-state index contributed by atoms with van der Waals surface area (Å²) in [6, 6.07) is 8.46. The van der Waals surface area contributed by atoms with E-state index in [1.165, 1.54) is 24.8 Å². The fourth-order valence-electron chi connectivity index (χ4n) is 5.25. The SMILES string of the molecule is Cc1ccc2[nH]c(C(=O)NC3C(C)(C)C4CC[C@]3(C)C4)cc2c1. The number of H-pyrrole nitrogens is 1. The van der Waals surface area contributed by atoms with Gasteiger partial charge in [-0.1, -0.05) is 32.4 Å². The lowest BCUT2D eigenvalue weighted by molar-refractivity contribution is 0.0734. The Morgan fingerprint density at radius 3 is 2.74 bits per heavy atom. The third kappa shape index (κ3) is 2.13. The molecule has 1 amide bonds. The van der Waals surface area contributed by atoms with Crippen molar-refractivity contribution in [3.63, 3.8) is 0 Å². The van der Waals surface area contributed by atoms with E-state index in [2.05, 4.69) is 50.1 Å². The van der Waals surface area contributed by atoms with Crippen molar-refractivity contribution in [3.05, 3.63) is 35.5 Å². The van der Waals surface area contributed by atoms with Gasteiger partial charge in [0, 0.05) is 16.9 Å². The predicted octanol–water partition coefficient (Wildman–Crippen LogP) is 4.42. The van der Waals surface area contributed by atoms with Crippen molar-refractivity contribution >= 4 is 16.8 Å². The van der Waals surface area contributed by atoms with Gasteiger partial charge < -0.3 is 10.3 Å². The van der Waals surface area contributed by atoms with Crippen LogP contribution < -0.4 is 5.32 Å². The molecule has 3 atom stereocenters. The van der Waals surface area contributed by atoms with Crippen LogP contribution in [0.1, 0.15) is 56.1 Å². The molecule has 0 radical (unpaired) electrons. The molecule has 0 spiro atoms. The second-order valence-electron chi connectivity index (χ2n) is 8.60. The Morgan fingerprint density at radius 2 is 2.04 bits per heavy atom. The van der Waals surface area contributed by atoms with E-state index in [0.717, 1.165) is 16.8 Å². The highest BCUT2D eigenvalue weighted by atomic mass is 16.2. The Kier molecular flexibility index (Phi) is 2.97. The van der Waals surface area contributed by atoms with E-state index in [9.17, 15) is 4.79 Å². The lowest BCUT2D eigenvalue weighted by atomic mass is 9.68. The Labute approximate surface area is 137 Å². The van der Waals surface area contributed by atoms with Crippen molar-refractivity contribution in [1.29, 1.82) is 0 Å². The molecule has 3 nitrogen and oxygen atoms in total. The average molecular weight is 310 g/mol. The lowest BCUT2D eigenvalue weighted by Gasteiger charge is -2.43. The van der Waals surface area contributed by atoms with Crippen molar-refractivity contribution in [2.75, 3.05) is 0 Å². The van der Waals surface area contributed by atoms with E-state index >= 15 is 0 Å². The molecular formula is C20H26N2O. The molecule has 2 fully saturated rings. The van der Waals surface area contributed by atoms with Gasteiger partial charge in [-0.25, -0.2) is 0 Å². The van der Waals surface area contributed by atoms with Crippen LogP contribution in [0, 0.1) is 23.7 Å². The number of fused-ring (bicyclic) bond motifs is 3. The first-order valence-corrected chi connectivity index (χ1v) is 8.70. The summed E-state index contributed by atoms with van der Waals surface area (Å²) in [5, 5.41) is 4.47. The summed E-state index contributed by atoms with van der Waals surface area (Å²) in [6.07, 6.45) is 3.79. The monoisotopic (exact) mass is 310 g/mol. The maximum absolute atomic E-state index is 12.8. The molecule has 2 aromatic rings. The molecule has 122 valence electrons. The third-order valence-corrected chi connectivity index (χ3v) is 6.57. The summed E-state index contributed by atoms with van der Waals surface area (Å²) in [5.41, 5.74) is 3.36. The molecule has 23 heavy (non-hydrogen) atoms. The van der Waals surface area contributed by atoms with Crippen LogP contribution in [0.2, 0.25) is 0 Å². The highest BCUT2D eigenvalue weighted by Gasteiger charge is 2.59. The molecular weight excluding hydrogens is 284 g/mol. The molecule has 2 unspecified atom stereocenters. The standard InChI is InChI=1S/C20H26N2O/c1-12-5-6-15-13(9-12)10-16(21-15)17(23)22-18-19(2,3)14-7-8-20(18,4)11-14/h5-6,9-10,14,18,21H,7-8,11H2,1-4H3,(H,22,23)/t14?,18?,20-/m1/s1. The van der Waals surface area contributed by atoms with Crippen LogP contribution in [-0.4, -0.2) is 16.9 Å². The molecule has 1 heterocycles. The van der Waals surface area contributed by atoms with E-state index in [1.807, 2.05) is 12.1 Å². The van der Waals surface area contributed by atoms with Gasteiger partial charge in [-0.05, 0) is 61.1 Å². The topological polar surface area (TPSA) is 44.9 Å². The maximum atomic E-state index is 12.8. The molecule has 1 aromatic heterocycles. The van der Waals surface area contributed by atoms with Crippen LogP contribution in [0.4, 0.5) is 0 Å². The molecule has 2 saturated carbocycles. The van der Waals surface area contributed by atoms with Crippen LogP contribution in [0.3, 0.4) is 0 Å². The Bertz CT molecular complexity index is 783. The summed E-state index contributed by atoms with van der Waals surface area (Å²) in [6.45, 7) is 9.06. The highest BCUT2D eigenvalue weighted by Crippen LogP contribution is 2.62. The number of carbonyl (C=O) groups excluding carboxylic acids is 1. The Balaban J connectivity index is 1.62. The van der Waals surface area contributed by atoms with E-state index in [4.69, 9.17) is 0 Å². The van der Waals surface area contributed by atoms with Crippen LogP contribution in [-0.2, 0) is 0 Å². The van der Waals surface area contributed by atoms with Crippen molar-refractivity contribution in [3.8, 4) is 0 Å². The minimum atomic E-state index is 0.0331. The van der Waals surface area contributed by atoms with Crippen molar-refractivity contribution < 1.29 is 4.79 Å². The minimum Gasteiger partial charge on any atom is -0.351 e. The largest absolute Gasteiger partial charge is 0.351 e. The number of rotatable bonds is 2.